The zero-order valence-electron chi connectivity index (χ0n) is 12.5. The quantitative estimate of drug-likeness (QED) is 0.919. The van der Waals surface area contributed by atoms with Crippen LogP contribution in [0.15, 0.2) is 18.2 Å². The molecule has 1 aromatic heterocycles. The topological polar surface area (TPSA) is 53.4 Å². The number of carbonyl (C=O) groups is 1. The number of hydrogen-bond acceptors (Lipinski definition) is 3. The van der Waals surface area contributed by atoms with Crippen molar-refractivity contribution in [3.8, 4) is 0 Å². The predicted molar refractivity (Wildman–Crippen MR) is 78.1 cm³/mol. The minimum absolute atomic E-state index is 0.0389. The predicted octanol–water partition coefficient (Wildman–Crippen LogP) is 2.46. The van der Waals surface area contributed by atoms with Gasteiger partial charge < -0.3 is 10.0 Å². The van der Waals surface area contributed by atoms with Gasteiger partial charge in [-0.15, -0.1) is 0 Å². The maximum absolute atomic E-state index is 12.4. The van der Waals surface area contributed by atoms with Crippen molar-refractivity contribution < 1.29 is 9.90 Å². The minimum Gasteiger partial charge on any atom is -0.392 e. The smallest absolute Gasteiger partial charge is 0.225 e. The van der Waals surface area contributed by atoms with Gasteiger partial charge in [-0.05, 0) is 37.8 Å². The highest BCUT2D eigenvalue weighted by molar-refractivity contribution is 5.77. The summed E-state index contributed by atoms with van der Waals surface area (Å²) in [5.74, 6) is 0.147. The molecule has 0 bridgehead atoms. The summed E-state index contributed by atoms with van der Waals surface area (Å²) >= 11 is 0. The molecule has 2 atom stereocenters. The summed E-state index contributed by atoms with van der Waals surface area (Å²) in [6.45, 7) is 6.60. The zero-order chi connectivity index (χ0) is 14.7. The molecular formula is C16H24N2O2. The third-order valence-electron chi connectivity index (χ3n) is 3.98. The van der Waals surface area contributed by atoms with E-state index in [9.17, 15) is 9.90 Å². The van der Waals surface area contributed by atoms with Crippen LogP contribution in [-0.4, -0.2) is 33.5 Å². The number of aliphatic hydroxyl groups is 1. The van der Waals surface area contributed by atoms with Crippen molar-refractivity contribution in [2.24, 2.45) is 5.92 Å². The first-order valence-corrected chi connectivity index (χ1v) is 7.40. The van der Waals surface area contributed by atoms with Crippen LogP contribution in [0.4, 0.5) is 0 Å². The maximum Gasteiger partial charge on any atom is 0.225 e. The summed E-state index contributed by atoms with van der Waals surface area (Å²) in [7, 11) is 0. The Morgan fingerprint density at radius 1 is 1.50 bits per heavy atom. The van der Waals surface area contributed by atoms with Gasteiger partial charge in [0.05, 0.1) is 24.3 Å². The lowest BCUT2D eigenvalue weighted by atomic mass is 10.0. The van der Waals surface area contributed by atoms with Crippen LogP contribution < -0.4 is 0 Å². The highest BCUT2D eigenvalue weighted by Gasteiger charge is 2.31. The molecule has 4 nitrogen and oxygen atoms in total. The maximum atomic E-state index is 12.4. The average molecular weight is 276 g/mol. The number of aryl methyl sites for hydroxylation is 1. The summed E-state index contributed by atoms with van der Waals surface area (Å²) in [6.07, 6.45) is 1.61. The molecule has 0 spiro atoms. The molecule has 0 aromatic carbocycles. The molecule has 20 heavy (non-hydrogen) atoms. The molecule has 1 aliphatic rings. The van der Waals surface area contributed by atoms with Gasteiger partial charge in [0.25, 0.3) is 0 Å². The van der Waals surface area contributed by atoms with E-state index < -0.39 is 6.10 Å². The van der Waals surface area contributed by atoms with Gasteiger partial charge in [0.15, 0.2) is 0 Å². The van der Waals surface area contributed by atoms with E-state index in [0.717, 1.165) is 30.8 Å². The Labute approximate surface area is 120 Å². The van der Waals surface area contributed by atoms with E-state index in [1.165, 1.54) is 0 Å². The summed E-state index contributed by atoms with van der Waals surface area (Å²) in [4.78, 5) is 18.8. The van der Waals surface area contributed by atoms with E-state index in [4.69, 9.17) is 0 Å². The van der Waals surface area contributed by atoms with Crippen molar-refractivity contribution in [3.63, 3.8) is 0 Å². The molecule has 1 aromatic rings. The number of aliphatic hydroxyl groups excluding tert-OH is 1. The second-order valence-electron chi connectivity index (χ2n) is 5.96. The number of hydrogen-bond donors (Lipinski definition) is 1. The third-order valence-corrected chi connectivity index (χ3v) is 3.98. The van der Waals surface area contributed by atoms with Crippen LogP contribution in [-0.2, 0) is 4.79 Å². The number of likely N-dealkylation sites (tertiary alicyclic amines) is 1. The molecule has 1 aliphatic heterocycles. The van der Waals surface area contributed by atoms with Crippen LogP contribution in [0.2, 0.25) is 0 Å². The molecule has 110 valence electrons. The summed E-state index contributed by atoms with van der Waals surface area (Å²) in [5.41, 5.74) is 1.94. The van der Waals surface area contributed by atoms with Gasteiger partial charge in [-0.25, -0.2) is 0 Å². The fourth-order valence-electron chi connectivity index (χ4n) is 2.65. The molecule has 0 aliphatic carbocycles. The van der Waals surface area contributed by atoms with Gasteiger partial charge >= 0.3 is 0 Å². The number of aromatic nitrogens is 1. The van der Waals surface area contributed by atoms with Crippen molar-refractivity contribution in [1.29, 1.82) is 0 Å². The van der Waals surface area contributed by atoms with Crippen molar-refractivity contribution >= 4 is 5.91 Å². The Morgan fingerprint density at radius 3 is 2.90 bits per heavy atom. The Balaban J connectivity index is 2.09. The number of pyridine rings is 1. The zero-order valence-corrected chi connectivity index (χ0v) is 12.5. The van der Waals surface area contributed by atoms with Gasteiger partial charge in [0.1, 0.15) is 0 Å². The third kappa shape index (κ3) is 3.37. The Morgan fingerprint density at radius 2 is 2.25 bits per heavy atom. The molecule has 1 amide bonds. The van der Waals surface area contributed by atoms with Crippen LogP contribution in [0.25, 0.3) is 0 Å². The first-order chi connectivity index (χ1) is 9.49. The summed E-state index contributed by atoms with van der Waals surface area (Å²) in [5, 5.41) is 9.90. The lowest BCUT2D eigenvalue weighted by molar-refractivity contribution is -0.134. The molecule has 2 unspecified atom stereocenters. The largest absolute Gasteiger partial charge is 0.392 e. The monoisotopic (exact) mass is 276 g/mol. The van der Waals surface area contributed by atoms with Crippen molar-refractivity contribution in [1.82, 2.24) is 9.88 Å². The van der Waals surface area contributed by atoms with E-state index in [-0.39, 0.29) is 24.3 Å². The van der Waals surface area contributed by atoms with E-state index >= 15 is 0 Å². The molecule has 4 heteroatoms. The first-order valence-electron chi connectivity index (χ1n) is 7.40. The van der Waals surface area contributed by atoms with Gasteiger partial charge in [-0.1, -0.05) is 19.9 Å². The highest BCUT2D eigenvalue weighted by Crippen LogP contribution is 2.31. The molecule has 1 N–H and O–H groups in total. The number of rotatable bonds is 4. The van der Waals surface area contributed by atoms with E-state index in [1.54, 1.807) is 0 Å². The molecular weight excluding hydrogens is 252 g/mol. The van der Waals surface area contributed by atoms with Crippen molar-refractivity contribution in [2.45, 2.75) is 52.2 Å². The highest BCUT2D eigenvalue weighted by atomic mass is 16.3. The van der Waals surface area contributed by atoms with Crippen LogP contribution in [0.3, 0.4) is 0 Å². The van der Waals surface area contributed by atoms with Gasteiger partial charge in [-0.3, -0.25) is 9.78 Å². The Hall–Kier alpha value is -1.42. The SMILES string of the molecule is Cc1cccc(C2CCCN2C(=O)CC(O)C(C)C)n1. The lowest BCUT2D eigenvalue weighted by Gasteiger charge is -2.26. The Bertz CT molecular complexity index is 473. The molecule has 1 fully saturated rings. The molecule has 1 saturated heterocycles. The normalized spacial score (nSPS) is 20.4. The lowest BCUT2D eigenvalue weighted by Crippen LogP contribution is -2.34. The average Bonchev–Trinajstić information content (AvgIpc) is 2.87. The van der Waals surface area contributed by atoms with Crippen LogP contribution in [0.5, 0.6) is 0 Å². The fraction of sp³-hybridized carbons (Fsp3) is 0.625. The van der Waals surface area contributed by atoms with E-state index in [0.29, 0.717) is 0 Å². The summed E-state index contributed by atoms with van der Waals surface area (Å²) in [6, 6.07) is 6.01. The van der Waals surface area contributed by atoms with E-state index in [2.05, 4.69) is 4.98 Å². The van der Waals surface area contributed by atoms with Crippen LogP contribution in [0.1, 0.15) is 50.5 Å². The number of amides is 1. The Kier molecular flexibility index (Phi) is 4.76. The second-order valence-corrected chi connectivity index (χ2v) is 5.96. The second kappa shape index (κ2) is 6.35. The molecule has 2 rings (SSSR count). The van der Waals surface area contributed by atoms with E-state index in [1.807, 2.05) is 43.9 Å². The number of carbonyl (C=O) groups excluding carboxylic acids is 1. The number of nitrogens with zero attached hydrogens (tertiary/aromatic N) is 2. The summed E-state index contributed by atoms with van der Waals surface area (Å²) < 4.78 is 0. The first kappa shape index (κ1) is 15.0. The van der Waals surface area contributed by atoms with Gasteiger partial charge in [0.2, 0.25) is 5.91 Å². The molecule has 0 radical (unpaired) electrons. The standard InChI is InChI=1S/C16H24N2O2/c1-11(2)15(19)10-16(20)18-9-5-8-14(18)13-7-4-6-12(3)17-13/h4,6-7,11,14-15,19H,5,8-10H2,1-3H3. The fourth-order valence-corrected chi connectivity index (χ4v) is 2.65. The van der Waals surface area contributed by atoms with Crippen molar-refractivity contribution in [3.05, 3.63) is 29.6 Å². The minimum atomic E-state index is -0.561. The van der Waals surface area contributed by atoms with Crippen molar-refractivity contribution in [2.75, 3.05) is 6.54 Å². The molecule has 0 saturated carbocycles. The van der Waals surface area contributed by atoms with Gasteiger partial charge in [-0.2, -0.15) is 0 Å². The van der Waals surface area contributed by atoms with Crippen LogP contribution in [0, 0.1) is 12.8 Å². The van der Waals surface area contributed by atoms with Gasteiger partial charge in [0, 0.05) is 12.2 Å². The van der Waals surface area contributed by atoms with Crippen LogP contribution >= 0.6 is 0 Å². The molecule has 2 heterocycles.